The number of carboxylic acid groups (broad SMARTS) is 1. The molecule has 1 atom stereocenters. The summed E-state index contributed by atoms with van der Waals surface area (Å²) in [6, 6.07) is 2.39. The summed E-state index contributed by atoms with van der Waals surface area (Å²) < 4.78 is 0. The van der Waals surface area contributed by atoms with Crippen molar-refractivity contribution in [1.29, 1.82) is 0 Å². The second kappa shape index (κ2) is 7.58. The zero-order valence-electron chi connectivity index (χ0n) is 11.3. The molecule has 0 heterocycles. The molecule has 0 saturated carbocycles. The van der Waals surface area contributed by atoms with Crippen LogP contribution in [0.15, 0.2) is 18.2 Å². The largest absolute Gasteiger partial charge is 0.480 e. The van der Waals surface area contributed by atoms with E-state index in [0.717, 1.165) is 18.6 Å². The number of benzene rings is 1. The Kier molecular flexibility index (Phi) is 6.10. The lowest BCUT2D eigenvalue weighted by Gasteiger charge is -2.14. The zero-order chi connectivity index (χ0) is 16.0. The lowest BCUT2D eigenvalue weighted by molar-refractivity contribution is -0.384. The number of hydrogen-bond acceptors (Lipinski definition) is 4. The molecular weight excluding hydrogens is 300 g/mol. The first-order chi connectivity index (χ1) is 9.86. The third-order valence-corrected chi connectivity index (χ3v) is 3.17. The number of aliphatic carboxylic acids is 1. The number of amides is 1. The summed E-state index contributed by atoms with van der Waals surface area (Å²) in [4.78, 5) is 33.0. The predicted molar refractivity (Wildman–Crippen MR) is 76.5 cm³/mol. The number of nitro benzene ring substituents is 1. The maximum absolute atomic E-state index is 12.0. The van der Waals surface area contributed by atoms with E-state index < -0.39 is 22.8 Å². The summed E-state index contributed by atoms with van der Waals surface area (Å²) in [6.07, 6.45) is 1.77. The molecule has 1 unspecified atom stereocenters. The average molecular weight is 315 g/mol. The Morgan fingerprint density at radius 2 is 2.14 bits per heavy atom. The van der Waals surface area contributed by atoms with Crippen LogP contribution in [0.1, 0.15) is 36.5 Å². The Labute approximate surface area is 126 Å². The Hall–Kier alpha value is -2.15. The number of non-ortho nitro benzene ring substituents is 1. The van der Waals surface area contributed by atoms with Gasteiger partial charge in [0.15, 0.2) is 0 Å². The van der Waals surface area contributed by atoms with Crippen LogP contribution in [0.5, 0.6) is 0 Å². The smallest absolute Gasteiger partial charge is 0.326 e. The van der Waals surface area contributed by atoms with Crippen LogP contribution < -0.4 is 5.32 Å². The van der Waals surface area contributed by atoms with Crippen molar-refractivity contribution in [2.45, 2.75) is 32.2 Å². The molecule has 1 amide bonds. The molecular formula is C13H15ClN2O5. The number of hydrogen-bond donors (Lipinski definition) is 2. The van der Waals surface area contributed by atoms with Crippen molar-refractivity contribution >= 4 is 29.2 Å². The van der Waals surface area contributed by atoms with Crippen molar-refractivity contribution in [2.75, 3.05) is 0 Å². The summed E-state index contributed by atoms with van der Waals surface area (Å²) in [6.45, 7) is 1.91. The van der Waals surface area contributed by atoms with Crippen LogP contribution >= 0.6 is 11.6 Å². The molecule has 0 fully saturated rings. The normalized spacial score (nSPS) is 11.7. The Morgan fingerprint density at radius 1 is 1.48 bits per heavy atom. The molecule has 21 heavy (non-hydrogen) atoms. The highest BCUT2D eigenvalue weighted by Gasteiger charge is 2.22. The molecule has 0 aliphatic heterocycles. The Morgan fingerprint density at radius 3 is 2.62 bits per heavy atom. The molecule has 0 spiro atoms. The molecule has 114 valence electrons. The second-order valence-corrected chi connectivity index (χ2v) is 4.83. The Balaban J connectivity index is 2.87. The van der Waals surface area contributed by atoms with Crippen molar-refractivity contribution in [3.05, 3.63) is 38.9 Å². The number of carboxylic acids is 1. The fraction of sp³-hybridized carbons (Fsp3) is 0.385. The van der Waals surface area contributed by atoms with E-state index in [0.29, 0.717) is 12.8 Å². The van der Waals surface area contributed by atoms with Gasteiger partial charge in [0.25, 0.3) is 11.6 Å². The van der Waals surface area contributed by atoms with Crippen molar-refractivity contribution in [3.63, 3.8) is 0 Å². The quantitative estimate of drug-likeness (QED) is 0.594. The summed E-state index contributed by atoms with van der Waals surface area (Å²) in [5.74, 6) is -1.80. The molecule has 0 aromatic heterocycles. The molecule has 7 nitrogen and oxygen atoms in total. The fourth-order valence-electron chi connectivity index (χ4n) is 1.70. The SMILES string of the molecule is CCCCC(NC(=O)c1ccc([N+](=O)[O-])cc1Cl)C(=O)O. The number of nitrogens with one attached hydrogen (secondary N) is 1. The first-order valence-electron chi connectivity index (χ1n) is 6.34. The monoisotopic (exact) mass is 314 g/mol. The number of nitro groups is 1. The van der Waals surface area contributed by atoms with Gasteiger partial charge in [-0.25, -0.2) is 4.79 Å². The van der Waals surface area contributed by atoms with Crippen LogP contribution in [-0.4, -0.2) is 27.9 Å². The highest BCUT2D eigenvalue weighted by atomic mass is 35.5. The molecule has 2 N–H and O–H groups in total. The second-order valence-electron chi connectivity index (χ2n) is 4.43. The van der Waals surface area contributed by atoms with E-state index in [2.05, 4.69) is 5.32 Å². The maximum atomic E-state index is 12.0. The molecule has 0 radical (unpaired) electrons. The first-order valence-corrected chi connectivity index (χ1v) is 6.72. The van der Waals surface area contributed by atoms with Crippen LogP contribution in [0, 0.1) is 10.1 Å². The number of halogens is 1. The minimum Gasteiger partial charge on any atom is -0.480 e. The molecule has 1 aromatic carbocycles. The Bertz CT molecular complexity index is 561. The van der Waals surface area contributed by atoms with Gasteiger partial charge >= 0.3 is 5.97 Å². The summed E-state index contributed by atoms with van der Waals surface area (Å²) in [5.41, 5.74) is -0.234. The number of rotatable bonds is 7. The third-order valence-electron chi connectivity index (χ3n) is 2.86. The lowest BCUT2D eigenvalue weighted by Crippen LogP contribution is -2.40. The van der Waals surface area contributed by atoms with Crippen LogP contribution in [-0.2, 0) is 4.79 Å². The third kappa shape index (κ3) is 4.71. The van der Waals surface area contributed by atoms with Crippen LogP contribution in [0.4, 0.5) is 5.69 Å². The predicted octanol–water partition coefficient (Wildman–Crippen LogP) is 2.62. The van der Waals surface area contributed by atoms with Gasteiger partial charge in [0.2, 0.25) is 0 Å². The van der Waals surface area contributed by atoms with E-state index in [9.17, 15) is 19.7 Å². The van der Waals surface area contributed by atoms with Gasteiger partial charge in [0, 0.05) is 12.1 Å². The molecule has 1 rings (SSSR count). The molecule has 1 aromatic rings. The van der Waals surface area contributed by atoms with Crippen molar-refractivity contribution in [1.82, 2.24) is 5.32 Å². The van der Waals surface area contributed by atoms with Gasteiger partial charge in [0.1, 0.15) is 6.04 Å². The molecule has 0 aliphatic carbocycles. The van der Waals surface area contributed by atoms with Crippen molar-refractivity contribution in [2.24, 2.45) is 0 Å². The van der Waals surface area contributed by atoms with Gasteiger partial charge in [-0.05, 0) is 12.5 Å². The number of carbonyl (C=O) groups is 2. The summed E-state index contributed by atoms with van der Waals surface area (Å²) in [7, 11) is 0. The summed E-state index contributed by atoms with van der Waals surface area (Å²) >= 11 is 5.82. The molecule has 0 bridgehead atoms. The fourth-order valence-corrected chi connectivity index (χ4v) is 1.96. The van der Waals surface area contributed by atoms with Crippen molar-refractivity contribution < 1.29 is 19.6 Å². The minimum absolute atomic E-state index is 0.00464. The van der Waals surface area contributed by atoms with Crippen molar-refractivity contribution in [3.8, 4) is 0 Å². The van der Waals surface area contributed by atoms with Gasteiger partial charge in [-0.3, -0.25) is 14.9 Å². The molecule has 8 heteroatoms. The van der Waals surface area contributed by atoms with Gasteiger partial charge in [-0.2, -0.15) is 0 Å². The number of carbonyl (C=O) groups excluding carboxylic acids is 1. The van der Waals surface area contributed by atoms with Gasteiger partial charge in [-0.1, -0.05) is 31.4 Å². The van der Waals surface area contributed by atoms with Crippen LogP contribution in [0.2, 0.25) is 5.02 Å². The standard InChI is InChI=1S/C13H15ClN2O5/c1-2-3-4-11(13(18)19)15-12(17)9-6-5-8(16(20)21)7-10(9)14/h5-7,11H,2-4H2,1H3,(H,15,17)(H,18,19). The summed E-state index contributed by atoms with van der Waals surface area (Å²) in [5, 5.41) is 21.9. The zero-order valence-corrected chi connectivity index (χ0v) is 12.1. The minimum atomic E-state index is -1.13. The highest BCUT2D eigenvalue weighted by molar-refractivity contribution is 6.34. The van der Waals surface area contributed by atoms with Gasteiger partial charge in [-0.15, -0.1) is 0 Å². The molecule has 0 saturated heterocycles. The van der Waals surface area contributed by atoms with Crippen LogP contribution in [0.3, 0.4) is 0 Å². The van der Waals surface area contributed by atoms with E-state index in [1.54, 1.807) is 0 Å². The maximum Gasteiger partial charge on any atom is 0.326 e. The number of unbranched alkanes of at least 4 members (excludes halogenated alkanes) is 1. The van der Waals surface area contributed by atoms with E-state index in [4.69, 9.17) is 16.7 Å². The highest BCUT2D eigenvalue weighted by Crippen LogP contribution is 2.22. The van der Waals surface area contributed by atoms with Crippen LogP contribution in [0.25, 0.3) is 0 Å². The van der Waals surface area contributed by atoms with Gasteiger partial charge < -0.3 is 10.4 Å². The average Bonchev–Trinajstić information content (AvgIpc) is 2.42. The van der Waals surface area contributed by atoms with E-state index >= 15 is 0 Å². The van der Waals surface area contributed by atoms with E-state index in [-0.39, 0.29) is 16.3 Å². The van der Waals surface area contributed by atoms with E-state index in [1.165, 1.54) is 6.07 Å². The number of nitrogens with zero attached hydrogens (tertiary/aromatic N) is 1. The topological polar surface area (TPSA) is 110 Å². The first kappa shape index (κ1) is 16.9. The van der Waals surface area contributed by atoms with Gasteiger partial charge in [0.05, 0.1) is 15.5 Å². The lowest BCUT2D eigenvalue weighted by atomic mass is 10.1. The van der Waals surface area contributed by atoms with E-state index in [1.807, 2.05) is 6.92 Å². The molecule has 0 aliphatic rings.